The van der Waals surface area contributed by atoms with Gasteiger partial charge in [0.25, 0.3) is 0 Å². The lowest BCUT2D eigenvalue weighted by Gasteiger charge is -2.26. The molecule has 15 rings (SSSR count). The number of furan rings is 1. The van der Waals surface area contributed by atoms with E-state index in [9.17, 15) is 6.63 Å². The van der Waals surface area contributed by atoms with Crippen LogP contribution in [0.3, 0.4) is 0 Å². The third kappa shape index (κ3) is 6.57. The fourth-order valence-corrected chi connectivity index (χ4v) is 12.8. The van der Waals surface area contributed by atoms with Gasteiger partial charge in [-0.25, -0.2) is 0 Å². The van der Waals surface area contributed by atoms with E-state index in [1.165, 1.54) is 66.8 Å². The minimum Gasteiger partial charge on any atom is -0.455 e. The average molecular weight is 943 g/mol. The van der Waals surface area contributed by atoms with Gasteiger partial charge in [0.1, 0.15) is 11.2 Å². The zero-order valence-corrected chi connectivity index (χ0v) is 40.6. The summed E-state index contributed by atoms with van der Waals surface area (Å²) in [6.45, 7) is 0. The summed E-state index contributed by atoms with van der Waals surface area (Å²) in [6.07, 6.45) is 3.71. The first-order valence-corrected chi connectivity index (χ1v) is 25.9. The molecular formula is C72H47NO. The molecule has 1 aromatic heterocycles. The largest absolute Gasteiger partial charge is 0.455 e. The molecule has 0 N–H and O–H groups in total. The summed E-state index contributed by atoms with van der Waals surface area (Å²) in [6, 6.07) is 86.2. The molecule has 1 fully saturated rings. The van der Waals surface area contributed by atoms with Crippen molar-refractivity contribution >= 4 is 21.9 Å². The lowest BCUT2D eigenvalue weighted by molar-refractivity contribution is 0.670. The highest BCUT2D eigenvalue weighted by Crippen LogP contribution is 2.53. The Balaban J connectivity index is 0.928. The molecular weight excluding hydrogens is 895 g/mol. The van der Waals surface area contributed by atoms with Gasteiger partial charge in [-0.15, -0.1) is 0 Å². The molecule has 346 valence electrons. The minimum absolute atomic E-state index is 0.613. The van der Waals surface area contributed by atoms with Crippen LogP contribution in [0.25, 0.3) is 144 Å². The number of fused-ring (bicyclic) bond motifs is 19. The molecule has 3 aliphatic carbocycles. The fourth-order valence-electron chi connectivity index (χ4n) is 12.8. The maximum absolute atomic E-state index is 10.5. The number of benzene rings is 11. The molecule has 2 nitrogen and oxygen atoms in total. The zero-order valence-electron chi connectivity index (χ0n) is 41.6. The van der Waals surface area contributed by atoms with Gasteiger partial charge >= 0.3 is 0 Å². The molecule has 0 radical (unpaired) electrons. The fraction of sp³-hybridized carbons (Fsp3) is 0.0694. The minimum atomic E-state index is -0.759. The van der Waals surface area contributed by atoms with Crippen molar-refractivity contribution in [3.05, 3.63) is 242 Å². The smallest absolute Gasteiger partial charge is 0.143 e. The SMILES string of the molecule is [2H]C1(c2c(-c3ccc4c(c3)-c3ccccc3-c3ccccc3-c3ccccc3-4)cccc2-c2ccc3c(c2)-c2ccccc2-c2ccccc2-c2cc(-c4cccc5c4oc4ccc(C#N)cc45)ccc2-3)CCCC1. The van der Waals surface area contributed by atoms with Crippen LogP contribution in [0.5, 0.6) is 0 Å². The van der Waals surface area contributed by atoms with Crippen molar-refractivity contribution in [3.63, 3.8) is 0 Å². The Labute approximate surface area is 432 Å². The van der Waals surface area contributed by atoms with Crippen LogP contribution < -0.4 is 0 Å². The number of nitriles is 1. The quantitative estimate of drug-likeness (QED) is 0.176. The van der Waals surface area contributed by atoms with Gasteiger partial charge in [0.15, 0.2) is 0 Å². The molecule has 0 bridgehead atoms. The van der Waals surface area contributed by atoms with Crippen molar-refractivity contribution < 1.29 is 5.79 Å². The molecule has 0 atom stereocenters. The van der Waals surface area contributed by atoms with Crippen LogP contribution in [-0.2, 0) is 0 Å². The third-order valence-corrected chi connectivity index (χ3v) is 16.2. The second-order valence-electron chi connectivity index (χ2n) is 20.2. The van der Waals surface area contributed by atoms with E-state index in [2.05, 4.69) is 218 Å². The van der Waals surface area contributed by atoms with E-state index in [0.29, 0.717) is 5.56 Å². The monoisotopic (exact) mass is 942 g/mol. The van der Waals surface area contributed by atoms with Gasteiger partial charge in [-0.05, 0) is 178 Å². The summed E-state index contributed by atoms with van der Waals surface area (Å²) in [5, 5.41) is 11.7. The molecule has 2 heteroatoms. The summed E-state index contributed by atoms with van der Waals surface area (Å²) in [5.74, 6) is -0.759. The molecule has 0 amide bonds. The third-order valence-electron chi connectivity index (χ3n) is 16.2. The maximum atomic E-state index is 10.5. The normalized spacial score (nSPS) is 13.7. The van der Waals surface area contributed by atoms with Crippen LogP contribution >= 0.6 is 0 Å². The van der Waals surface area contributed by atoms with E-state index in [1.807, 2.05) is 18.2 Å². The van der Waals surface area contributed by atoms with Gasteiger partial charge in [0.05, 0.1) is 11.6 Å². The van der Waals surface area contributed by atoms with E-state index >= 15 is 0 Å². The van der Waals surface area contributed by atoms with Gasteiger partial charge in [-0.1, -0.05) is 207 Å². The molecule has 74 heavy (non-hydrogen) atoms. The van der Waals surface area contributed by atoms with Gasteiger partial charge in [0, 0.05) is 17.7 Å². The summed E-state index contributed by atoms with van der Waals surface area (Å²) in [7, 11) is 0. The molecule has 0 saturated heterocycles. The number of hydrogen-bond acceptors (Lipinski definition) is 2. The summed E-state index contributed by atoms with van der Waals surface area (Å²) in [4.78, 5) is 0. The first-order valence-electron chi connectivity index (χ1n) is 26.4. The Morgan fingerprint density at radius 2 is 0.689 bits per heavy atom. The Hall–Kier alpha value is -9.29. The molecule has 0 spiro atoms. The standard InChI is InChI=1S/C72H47NO/c73-43-44-31-38-70-69(39-44)65-30-14-29-51(72(65)74-70)48-34-37-64-63-36-33-47(41-67(63)60-25-11-8-21-56(60)57-22-9-12-26-61(57)68(64)42-48)50-28-13-27-49(71(50)45-15-1-2-16-45)46-32-35-62-58-23-6-5-19-54(58)52-17-3-4-18-53(52)55-20-7-10-24-59(55)66(62)40-46/h3-14,17-42,45H,1-2,15-16H2/i45D. The van der Waals surface area contributed by atoms with Crippen molar-refractivity contribution in [2.75, 3.05) is 0 Å². The first kappa shape index (κ1) is 41.3. The second-order valence-corrected chi connectivity index (χ2v) is 20.2. The number of nitrogens with zero attached hydrogens (tertiary/aromatic N) is 1. The molecule has 1 heterocycles. The highest BCUT2D eigenvalue weighted by atomic mass is 16.3. The predicted molar refractivity (Wildman–Crippen MR) is 307 cm³/mol. The van der Waals surface area contributed by atoms with E-state index < -0.39 is 5.89 Å². The summed E-state index contributed by atoms with van der Waals surface area (Å²) >= 11 is 0. The van der Waals surface area contributed by atoms with Crippen molar-refractivity contribution in [1.29, 1.82) is 5.26 Å². The van der Waals surface area contributed by atoms with Gasteiger partial charge in [0.2, 0.25) is 0 Å². The highest BCUT2D eigenvalue weighted by Gasteiger charge is 2.29. The maximum Gasteiger partial charge on any atom is 0.143 e. The average Bonchev–Trinajstić information content (AvgIpc) is 4.13. The van der Waals surface area contributed by atoms with Crippen LogP contribution in [0.1, 0.15) is 44.1 Å². The molecule has 0 aliphatic heterocycles. The topological polar surface area (TPSA) is 36.9 Å². The molecule has 1 saturated carbocycles. The summed E-state index contributed by atoms with van der Waals surface area (Å²) in [5.41, 5.74) is 29.0. The second kappa shape index (κ2) is 16.9. The Morgan fingerprint density at radius 3 is 1.11 bits per heavy atom. The predicted octanol–water partition coefficient (Wildman–Crippen LogP) is 20.1. The molecule has 11 aromatic carbocycles. The number of hydrogen-bond donors (Lipinski definition) is 0. The van der Waals surface area contributed by atoms with E-state index in [0.717, 1.165) is 109 Å². The van der Waals surface area contributed by atoms with E-state index in [-0.39, 0.29) is 0 Å². The van der Waals surface area contributed by atoms with E-state index in [4.69, 9.17) is 4.42 Å². The van der Waals surface area contributed by atoms with Crippen molar-refractivity contribution in [2.45, 2.75) is 31.6 Å². The highest BCUT2D eigenvalue weighted by molar-refractivity contribution is 6.11. The molecule has 12 aromatic rings. The van der Waals surface area contributed by atoms with Gasteiger partial charge < -0.3 is 4.42 Å². The number of para-hydroxylation sites is 1. The lowest BCUT2D eigenvalue weighted by Crippen LogP contribution is -2.02. The Bertz CT molecular complexity index is 4400. The number of rotatable bonds is 4. The van der Waals surface area contributed by atoms with Crippen molar-refractivity contribution in [2.24, 2.45) is 0 Å². The van der Waals surface area contributed by atoms with Gasteiger partial charge in [-0.2, -0.15) is 5.26 Å². The summed E-state index contributed by atoms with van der Waals surface area (Å²) < 4.78 is 17.1. The van der Waals surface area contributed by atoms with E-state index in [1.54, 1.807) is 0 Å². The van der Waals surface area contributed by atoms with Crippen LogP contribution in [0, 0.1) is 11.3 Å². The van der Waals surface area contributed by atoms with Crippen LogP contribution in [0.4, 0.5) is 0 Å². The van der Waals surface area contributed by atoms with Crippen LogP contribution in [-0.4, -0.2) is 0 Å². The van der Waals surface area contributed by atoms with Crippen LogP contribution in [0.15, 0.2) is 235 Å². The van der Waals surface area contributed by atoms with Crippen molar-refractivity contribution in [3.8, 4) is 128 Å². The molecule has 0 unspecified atom stereocenters. The zero-order chi connectivity index (χ0) is 49.8. The Morgan fingerprint density at radius 1 is 0.338 bits per heavy atom. The van der Waals surface area contributed by atoms with Crippen LogP contribution in [0.2, 0.25) is 0 Å². The molecule has 3 aliphatic rings. The van der Waals surface area contributed by atoms with Crippen molar-refractivity contribution in [1.82, 2.24) is 0 Å². The lowest BCUT2D eigenvalue weighted by atomic mass is 9.77. The first-order chi connectivity index (χ1) is 37.0. The van der Waals surface area contributed by atoms with Gasteiger partial charge in [-0.3, -0.25) is 0 Å². The Kier molecular flexibility index (Phi) is 9.45.